The van der Waals surface area contributed by atoms with E-state index >= 15 is 0 Å². The molecule has 1 heterocycles. The average Bonchev–Trinajstić information content (AvgIpc) is 2.79. The molecular formula is C20H29N3O3. The Hall–Kier alpha value is -2.37. The SMILES string of the molecule is CCCCCC(C)NC(=O)CN1C(=O)NC(C)(c2ccccc2C)C1=O. The van der Waals surface area contributed by atoms with Gasteiger partial charge in [-0.2, -0.15) is 0 Å². The van der Waals surface area contributed by atoms with Crippen molar-refractivity contribution in [3.8, 4) is 0 Å². The average molecular weight is 359 g/mol. The first-order valence-electron chi connectivity index (χ1n) is 9.29. The van der Waals surface area contributed by atoms with Crippen molar-refractivity contribution < 1.29 is 14.4 Å². The molecule has 1 aromatic rings. The third-order valence-corrected chi connectivity index (χ3v) is 4.91. The van der Waals surface area contributed by atoms with E-state index in [0.717, 1.165) is 41.7 Å². The second-order valence-corrected chi connectivity index (χ2v) is 7.23. The highest BCUT2D eigenvalue weighted by Crippen LogP contribution is 2.30. The summed E-state index contributed by atoms with van der Waals surface area (Å²) in [6.45, 7) is 7.39. The zero-order valence-corrected chi connectivity index (χ0v) is 16.1. The number of rotatable bonds is 8. The fourth-order valence-electron chi connectivity index (χ4n) is 3.39. The summed E-state index contributed by atoms with van der Waals surface area (Å²) in [5, 5.41) is 5.62. The van der Waals surface area contributed by atoms with Crippen molar-refractivity contribution in [3.63, 3.8) is 0 Å². The number of unbranched alkanes of at least 4 members (excludes halogenated alkanes) is 2. The molecule has 2 atom stereocenters. The van der Waals surface area contributed by atoms with E-state index in [1.54, 1.807) is 6.92 Å². The van der Waals surface area contributed by atoms with Crippen LogP contribution < -0.4 is 10.6 Å². The van der Waals surface area contributed by atoms with Crippen molar-refractivity contribution in [1.82, 2.24) is 15.5 Å². The summed E-state index contributed by atoms with van der Waals surface area (Å²) < 4.78 is 0. The summed E-state index contributed by atoms with van der Waals surface area (Å²) in [7, 11) is 0. The zero-order chi connectivity index (χ0) is 19.3. The molecule has 1 aliphatic rings. The number of benzene rings is 1. The first-order chi connectivity index (χ1) is 12.3. The van der Waals surface area contributed by atoms with Gasteiger partial charge in [0.05, 0.1) is 0 Å². The number of carbonyl (C=O) groups excluding carboxylic acids is 3. The molecule has 142 valence electrons. The molecule has 2 N–H and O–H groups in total. The summed E-state index contributed by atoms with van der Waals surface area (Å²) in [5.74, 6) is -0.711. The van der Waals surface area contributed by atoms with Gasteiger partial charge in [-0.25, -0.2) is 4.79 Å². The van der Waals surface area contributed by atoms with Crippen LogP contribution in [0.5, 0.6) is 0 Å². The third kappa shape index (κ3) is 4.23. The maximum absolute atomic E-state index is 12.9. The Morgan fingerprint density at radius 2 is 1.96 bits per heavy atom. The number of carbonyl (C=O) groups is 3. The lowest BCUT2D eigenvalue weighted by molar-refractivity contribution is -0.135. The highest BCUT2D eigenvalue weighted by Gasteiger charge is 2.50. The van der Waals surface area contributed by atoms with Gasteiger partial charge in [-0.3, -0.25) is 14.5 Å². The van der Waals surface area contributed by atoms with Crippen LogP contribution in [-0.2, 0) is 15.1 Å². The van der Waals surface area contributed by atoms with E-state index in [0.29, 0.717) is 0 Å². The molecule has 2 unspecified atom stereocenters. The van der Waals surface area contributed by atoms with Crippen molar-refractivity contribution in [2.45, 2.75) is 65.0 Å². The summed E-state index contributed by atoms with van der Waals surface area (Å²) in [6, 6.07) is 6.93. The summed E-state index contributed by atoms with van der Waals surface area (Å²) in [5.41, 5.74) is 0.517. The maximum atomic E-state index is 12.9. The minimum atomic E-state index is -1.14. The monoisotopic (exact) mass is 359 g/mol. The molecular weight excluding hydrogens is 330 g/mol. The fourth-order valence-corrected chi connectivity index (χ4v) is 3.39. The van der Waals surface area contributed by atoms with Gasteiger partial charge in [0.25, 0.3) is 5.91 Å². The summed E-state index contributed by atoms with van der Waals surface area (Å²) >= 11 is 0. The minimum absolute atomic E-state index is 0.0255. The van der Waals surface area contributed by atoms with Gasteiger partial charge in [0.15, 0.2) is 0 Å². The van der Waals surface area contributed by atoms with E-state index in [1.807, 2.05) is 38.1 Å². The quantitative estimate of drug-likeness (QED) is 0.553. The predicted molar refractivity (Wildman–Crippen MR) is 101 cm³/mol. The lowest BCUT2D eigenvalue weighted by atomic mass is 9.88. The second kappa shape index (κ2) is 8.34. The van der Waals surface area contributed by atoms with E-state index in [1.165, 1.54) is 0 Å². The number of aryl methyl sites for hydroxylation is 1. The van der Waals surface area contributed by atoms with Gasteiger partial charge in [-0.1, -0.05) is 50.5 Å². The molecule has 6 heteroatoms. The maximum Gasteiger partial charge on any atom is 0.325 e. The molecule has 2 rings (SSSR count). The molecule has 26 heavy (non-hydrogen) atoms. The number of amides is 4. The van der Waals surface area contributed by atoms with Gasteiger partial charge in [0.2, 0.25) is 5.91 Å². The molecule has 1 saturated heterocycles. The lowest BCUT2D eigenvalue weighted by Crippen LogP contribution is -2.45. The molecule has 0 aliphatic carbocycles. The molecule has 1 aliphatic heterocycles. The summed E-state index contributed by atoms with van der Waals surface area (Å²) in [6.07, 6.45) is 4.19. The Morgan fingerprint density at radius 1 is 1.27 bits per heavy atom. The first-order valence-corrected chi connectivity index (χ1v) is 9.29. The van der Waals surface area contributed by atoms with Crippen molar-refractivity contribution in [3.05, 3.63) is 35.4 Å². The van der Waals surface area contributed by atoms with E-state index in [4.69, 9.17) is 0 Å². The van der Waals surface area contributed by atoms with Crippen LogP contribution in [0.3, 0.4) is 0 Å². The van der Waals surface area contributed by atoms with Crippen molar-refractivity contribution >= 4 is 17.8 Å². The lowest BCUT2D eigenvalue weighted by Gasteiger charge is -2.24. The van der Waals surface area contributed by atoms with E-state index in [9.17, 15) is 14.4 Å². The molecule has 0 saturated carbocycles. The normalized spacial score (nSPS) is 20.8. The molecule has 4 amide bonds. The van der Waals surface area contributed by atoms with Gasteiger partial charge in [0, 0.05) is 6.04 Å². The van der Waals surface area contributed by atoms with Crippen molar-refractivity contribution in [2.24, 2.45) is 0 Å². The zero-order valence-electron chi connectivity index (χ0n) is 16.1. The largest absolute Gasteiger partial charge is 0.352 e. The Kier molecular flexibility index (Phi) is 6.40. The Labute approximate surface area is 155 Å². The van der Waals surface area contributed by atoms with Crippen LogP contribution in [0, 0.1) is 6.92 Å². The van der Waals surface area contributed by atoms with Crippen LogP contribution in [0.15, 0.2) is 24.3 Å². The molecule has 1 fully saturated rings. The van der Waals surface area contributed by atoms with Crippen LogP contribution in [0.25, 0.3) is 0 Å². The van der Waals surface area contributed by atoms with Gasteiger partial charge < -0.3 is 10.6 Å². The standard InChI is InChI=1S/C20H29N3O3/c1-5-6-7-11-15(3)21-17(24)13-23-18(25)20(4,22-19(23)26)16-12-9-8-10-14(16)2/h8-10,12,15H,5-7,11,13H2,1-4H3,(H,21,24)(H,22,26). The predicted octanol–water partition coefficient (Wildman–Crippen LogP) is 2.85. The number of hydrogen-bond donors (Lipinski definition) is 2. The van der Waals surface area contributed by atoms with Gasteiger partial charge in [-0.15, -0.1) is 0 Å². The molecule has 0 radical (unpaired) electrons. The van der Waals surface area contributed by atoms with Gasteiger partial charge in [-0.05, 0) is 38.3 Å². The van der Waals surface area contributed by atoms with Crippen LogP contribution >= 0.6 is 0 Å². The van der Waals surface area contributed by atoms with Crippen molar-refractivity contribution in [2.75, 3.05) is 6.54 Å². The molecule has 0 bridgehead atoms. The number of urea groups is 1. The summed E-state index contributed by atoms with van der Waals surface area (Å²) in [4.78, 5) is 38.5. The highest BCUT2D eigenvalue weighted by molar-refractivity contribution is 6.09. The van der Waals surface area contributed by atoms with Crippen LogP contribution in [0.1, 0.15) is 57.6 Å². The molecule has 0 spiro atoms. The Balaban J connectivity index is 2.03. The molecule has 0 aromatic heterocycles. The van der Waals surface area contributed by atoms with E-state index in [2.05, 4.69) is 17.6 Å². The molecule has 6 nitrogen and oxygen atoms in total. The van der Waals surface area contributed by atoms with Crippen molar-refractivity contribution in [1.29, 1.82) is 0 Å². The van der Waals surface area contributed by atoms with E-state index < -0.39 is 17.5 Å². The first kappa shape index (κ1) is 19.9. The van der Waals surface area contributed by atoms with E-state index in [-0.39, 0.29) is 18.5 Å². The van der Waals surface area contributed by atoms with Crippen LogP contribution in [0.4, 0.5) is 4.79 Å². The van der Waals surface area contributed by atoms with Crippen LogP contribution in [0.2, 0.25) is 0 Å². The second-order valence-electron chi connectivity index (χ2n) is 7.23. The third-order valence-electron chi connectivity index (χ3n) is 4.91. The molecule has 1 aromatic carbocycles. The number of hydrogen-bond acceptors (Lipinski definition) is 3. The Morgan fingerprint density at radius 3 is 2.62 bits per heavy atom. The number of nitrogens with zero attached hydrogens (tertiary/aromatic N) is 1. The smallest absolute Gasteiger partial charge is 0.325 e. The number of nitrogens with one attached hydrogen (secondary N) is 2. The van der Waals surface area contributed by atoms with Gasteiger partial charge >= 0.3 is 6.03 Å². The topological polar surface area (TPSA) is 78.5 Å². The fraction of sp³-hybridized carbons (Fsp3) is 0.550. The Bertz CT molecular complexity index is 689. The minimum Gasteiger partial charge on any atom is -0.352 e. The van der Waals surface area contributed by atoms with Crippen LogP contribution in [-0.4, -0.2) is 35.3 Å². The highest BCUT2D eigenvalue weighted by atomic mass is 16.2. The number of imide groups is 1. The van der Waals surface area contributed by atoms with Gasteiger partial charge in [0.1, 0.15) is 12.1 Å².